The highest BCUT2D eigenvalue weighted by atomic mass is 19.1. The second kappa shape index (κ2) is 5.65. The Labute approximate surface area is 111 Å². The smallest absolute Gasteiger partial charge is 0.310 e. The molecule has 0 heterocycles. The highest BCUT2D eigenvalue weighted by molar-refractivity contribution is 5.76. The van der Waals surface area contributed by atoms with Gasteiger partial charge in [-0.3, -0.25) is 4.79 Å². The van der Waals surface area contributed by atoms with E-state index in [0.29, 0.717) is 17.5 Å². The van der Waals surface area contributed by atoms with Crippen LogP contribution in [0, 0.1) is 5.82 Å². The summed E-state index contributed by atoms with van der Waals surface area (Å²) in [5.74, 6) is -1.96. The predicted molar refractivity (Wildman–Crippen MR) is 72.5 cm³/mol. The number of carboxylic acid groups (broad SMARTS) is 1. The highest BCUT2D eigenvalue weighted by Gasteiger charge is 2.19. The first-order valence-electron chi connectivity index (χ1n) is 6.21. The van der Waals surface area contributed by atoms with Gasteiger partial charge < -0.3 is 5.11 Å². The summed E-state index contributed by atoms with van der Waals surface area (Å²) >= 11 is 0. The first kappa shape index (κ1) is 13.3. The fourth-order valence-corrected chi connectivity index (χ4v) is 2.15. The van der Waals surface area contributed by atoms with Crippen LogP contribution in [-0.4, -0.2) is 11.1 Å². The summed E-state index contributed by atoms with van der Waals surface area (Å²) in [4.78, 5) is 11.1. The number of aliphatic carboxylic acids is 1. The molecule has 0 aliphatic carbocycles. The molecule has 0 fully saturated rings. The molecular formula is C16H15FO2. The second-order valence-electron chi connectivity index (χ2n) is 4.40. The molecule has 1 atom stereocenters. The van der Waals surface area contributed by atoms with E-state index in [1.807, 2.05) is 30.3 Å². The van der Waals surface area contributed by atoms with Gasteiger partial charge in [0, 0.05) is 5.56 Å². The average molecular weight is 258 g/mol. The van der Waals surface area contributed by atoms with E-state index in [4.69, 9.17) is 5.11 Å². The number of rotatable bonds is 4. The van der Waals surface area contributed by atoms with Crippen molar-refractivity contribution in [3.63, 3.8) is 0 Å². The predicted octanol–water partition coefficient (Wildman–Crippen LogP) is 4.07. The van der Waals surface area contributed by atoms with Crippen molar-refractivity contribution in [2.75, 3.05) is 0 Å². The molecule has 0 saturated carbocycles. The topological polar surface area (TPSA) is 37.3 Å². The number of benzene rings is 2. The summed E-state index contributed by atoms with van der Waals surface area (Å²) in [5.41, 5.74) is 1.78. The Morgan fingerprint density at radius 2 is 1.89 bits per heavy atom. The first-order valence-corrected chi connectivity index (χ1v) is 6.21. The molecule has 2 nitrogen and oxygen atoms in total. The van der Waals surface area contributed by atoms with Crippen LogP contribution in [0.2, 0.25) is 0 Å². The maximum Gasteiger partial charge on any atom is 0.310 e. The summed E-state index contributed by atoms with van der Waals surface area (Å²) in [5, 5.41) is 9.08. The fourth-order valence-electron chi connectivity index (χ4n) is 2.15. The minimum absolute atomic E-state index is 0.386. The second-order valence-corrected chi connectivity index (χ2v) is 4.40. The Morgan fingerprint density at radius 1 is 1.21 bits per heavy atom. The van der Waals surface area contributed by atoms with Crippen LogP contribution in [0.5, 0.6) is 0 Å². The number of carbonyl (C=O) groups is 1. The zero-order chi connectivity index (χ0) is 13.8. The molecule has 0 aromatic heterocycles. The quantitative estimate of drug-likeness (QED) is 0.897. The van der Waals surface area contributed by atoms with Crippen molar-refractivity contribution in [1.29, 1.82) is 0 Å². The van der Waals surface area contributed by atoms with E-state index < -0.39 is 11.9 Å². The molecule has 98 valence electrons. The van der Waals surface area contributed by atoms with Crippen molar-refractivity contribution >= 4 is 5.97 Å². The molecule has 2 rings (SSSR count). The molecule has 0 saturated heterocycles. The van der Waals surface area contributed by atoms with E-state index in [0.717, 1.165) is 5.56 Å². The Hall–Kier alpha value is -2.16. The van der Waals surface area contributed by atoms with Crippen LogP contribution in [0.4, 0.5) is 4.39 Å². The number of halogens is 1. The molecule has 3 heteroatoms. The molecule has 1 N–H and O–H groups in total. The Kier molecular flexibility index (Phi) is 3.95. The molecule has 19 heavy (non-hydrogen) atoms. The van der Waals surface area contributed by atoms with Gasteiger partial charge in [0.2, 0.25) is 0 Å². The lowest BCUT2D eigenvalue weighted by Gasteiger charge is -2.12. The van der Waals surface area contributed by atoms with Crippen molar-refractivity contribution in [2.24, 2.45) is 0 Å². The van der Waals surface area contributed by atoms with Crippen LogP contribution in [0.3, 0.4) is 0 Å². The molecule has 0 aliphatic heterocycles. The lowest BCUT2D eigenvalue weighted by molar-refractivity contribution is -0.138. The molecule has 2 aromatic rings. The SMILES string of the molecule is CC[C@H](C(=O)O)c1ccc(-c2ccccc2)c(F)c1. The number of hydrogen-bond acceptors (Lipinski definition) is 1. The van der Waals surface area contributed by atoms with Crippen molar-refractivity contribution in [3.05, 3.63) is 59.9 Å². The molecular weight excluding hydrogens is 243 g/mol. The molecule has 0 bridgehead atoms. The molecule has 0 aliphatic rings. The third-order valence-corrected chi connectivity index (χ3v) is 3.19. The standard InChI is InChI=1S/C16H15FO2/c1-2-13(16(18)19)12-8-9-14(15(17)10-12)11-6-4-3-5-7-11/h3-10,13H,2H2,1H3,(H,18,19)/t13-/m0/s1. The van der Waals surface area contributed by atoms with Gasteiger partial charge in [0.05, 0.1) is 5.92 Å². The maximum atomic E-state index is 14.1. The number of hydrogen-bond donors (Lipinski definition) is 1. The first-order chi connectivity index (χ1) is 9.13. The molecule has 0 spiro atoms. The van der Waals surface area contributed by atoms with Gasteiger partial charge in [0.1, 0.15) is 5.82 Å². The van der Waals surface area contributed by atoms with Crippen LogP contribution in [0.15, 0.2) is 48.5 Å². The zero-order valence-electron chi connectivity index (χ0n) is 10.6. The number of carboxylic acids is 1. The van der Waals surface area contributed by atoms with Crippen LogP contribution in [-0.2, 0) is 4.79 Å². The minimum atomic E-state index is -0.922. The van der Waals surface area contributed by atoms with E-state index in [1.165, 1.54) is 6.07 Å². The van der Waals surface area contributed by atoms with E-state index in [9.17, 15) is 9.18 Å². The lowest BCUT2D eigenvalue weighted by Crippen LogP contribution is -2.10. The van der Waals surface area contributed by atoms with Gasteiger partial charge in [0.25, 0.3) is 0 Å². The van der Waals surface area contributed by atoms with Crippen LogP contribution in [0.25, 0.3) is 11.1 Å². The van der Waals surface area contributed by atoms with E-state index in [-0.39, 0.29) is 5.82 Å². The summed E-state index contributed by atoms with van der Waals surface area (Å²) in [6, 6.07) is 13.9. The van der Waals surface area contributed by atoms with Gasteiger partial charge in [-0.1, -0.05) is 49.4 Å². The lowest BCUT2D eigenvalue weighted by atomic mass is 9.94. The highest BCUT2D eigenvalue weighted by Crippen LogP contribution is 2.27. The van der Waals surface area contributed by atoms with Gasteiger partial charge in [-0.15, -0.1) is 0 Å². The summed E-state index contributed by atoms with van der Waals surface area (Å²) in [7, 11) is 0. The van der Waals surface area contributed by atoms with Crippen LogP contribution >= 0.6 is 0 Å². The van der Waals surface area contributed by atoms with Crippen LogP contribution < -0.4 is 0 Å². The summed E-state index contributed by atoms with van der Waals surface area (Å²) in [6.07, 6.45) is 0.444. The van der Waals surface area contributed by atoms with Crippen LogP contribution in [0.1, 0.15) is 24.8 Å². The van der Waals surface area contributed by atoms with Gasteiger partial charge in [-0.25, -0.2) is 4.39 Å². The third-order valence-electron chi connectivity index (χ3n) is 3.19. The molecule has 0 unspecified atom stereocenters. The van der Waals surface area contributed by atoms with Crippen molar-refractivity contribution in [3.8, 4) is 11.1 Å². The zero-order valence-corrected chi connectivity index (χ0v) is 10.6. The fraction of sp³-hybridized carbons (Fsp3) is 0.188. The summed E-state index contributed by atoms with van der Waals surface area (Å²) < 4.78 is 14.1. The Bertz CT molecular complexity index is 579. The van der Waals surface area contributed by atoms with Gasteiger partial charge >= 0.3 is 5.97 Å². The third kappa shape index (κ3) is 2.81. The van der Waals surface area contributed by atoms with Crippen molar-refractivity contribution < 1.29 is 14.3 Å². The van der Waals surface area contributed by atoms with Crippen molar-refractivity contribution in [2.45, 2.75) is 19.3 Å². The summed E-state index contributed by atoms with van der Waals surface area (Å²) in [6.45, 7) is 1.78. The van der Waals surface area contributed by atoms with Gasteiger partial charge in [0.15, 0.2) is 0 Å². The van der Waals surface area contributed by atoms with E-state index >= 15 is 0 Å². The van der Waals surface area contributed by atoms with E-state index in [1.54, 1.807) is 19.1 Å². The van der Waals surface area contributed by atoms with Crippen molar-refractivity contribution in [1.82, 2.24) is 0 Å². The molecule has 2 aromatic carbocycles. The monoisotopic (exact) mass is 258 g/mol. The van der Waals surface area contributed by atoms with Gasteiger partial charge in [-0.05, 0) is 23.6 Å². The molecule has 0 radical (unpaired) electrons. The average Bonchev–Trinajstić information content (AvgIpc) is 2.40. The largest absolute Gasteiger partial charge is 0.481 e. The van der Waals surface area contributed by atoms with E-state index in [2.05, 4.69) is 0 Å². The van der Waals surface area contributed by atoms with Gasteiger partial charge in [-0.2, -0.15) is 0 Å². The minimum Gasteiger partial charge on any atom is -0.481 e. The Morgan fingerprint density at radius 3 is 2.42 bits per heavy atom. The normalized spacial score (nSPS) is 12.1. The molecule has 0 amide bonds. The maximum absolute atomic E-state index is 14.1. The Balaban J connectivity index is 2.40.